The van der Waals surface area contributed by atoms with Gasteiger partial charge in [0.05, 0.1) is 47.8 Å². The number of halogens is 3. The summed E-state index contributed by atoms with van der Waals surface area (Å²) in [5, 5.41) is 140. The topological polar surface area (TPSA) is 499 Å². The van der Waals surface area contributed by atoms with Gasteiger partial charge in [0.1, 0.15) is 77.2 Å². The molecule has 3 fully saturated rings. The number of nitrogens with one attached hydrogen (secondary N) is 8. The van der Waals surface area contributed by atoms with Crippen LogP contribution in [0.5, 0.6) is 17.2 Å². The van der Waals surface area contributed by atoms with Crippen LogP contribution in [0, 0.1) is 11.8 Å². The molecule has 36 heteroatoms. The predicted molar refractivity (Wildman–Crippen MR) is 420 cm³/mol. The highest BCUT2D eigenvalue weighted by Gasteiger charge is 2.56. The van der Waals surface area contributed by atoms with Crippen molar-refractivity contribution in [2.24, 2.45) is 17.6 Å². The van der Waals surface area contributed by atoms with Gasteiger partial charge in [-0.15, -0.1) is 11.6 Å². The van der Waals surface area contributed by atoms with Crippen molar-refractivity contribution in [3.63, 3.8) is 0 Å². The Kier molecular flexibility index (Phi) is 25.6. The van der Waals surface area contributed by atoms with E-state index in [2.05, 4.69) is 42.5 Å². The van der Waals surface area contributed by atoms with Gasteiger partial charge in [0.2, 0.25) is 53.3 Å². The first-order chi connectivity index (χ1) is 55.0. The van der Waals surface area contributed by atoms with Crippen molar-refractivity contribution in [2.75, 3.05) is 13.7 Å². The van der Waals surface area contributed by atoms with Crippen LogP contribution < -0.4 is 62.5 Å². The van der Waals surface area contributed by atoms with E-state index in [1.165, 1.54) is 49.6 Å². The number of aliphatic hydroxyl groups is 9. The third kappa shape index (κ3) is 17.6. The van der Waals surface area contributed by atoms with Crippen molar-refractivity contribution >= 4 is 93.4 Å². The number of alkyl halides is 1. The summed E-state index contributed by atoms with van der Waals surface area (Å²) in [4.78, 5) is 102. The molecule has 12 aliphatic rings. The number of hydrogen-bond acceptors (Lipinski definition) is 25. The number of carbonyl (C=O) groups is 7. The summed E-state index contributed by atoms with van der Waals surface area (Å²) in [6, 6.07) is 4.71. The summed E-state index contributed by atoms with van der Waals surface area (Å²) in [6.45, 7) is 6.35. The Bertz CT molecular complexity index is 4690. The van der Waals surface area contributed by atoms with E-state index >= 15 is 19.2 Å². The van der Waals surface area contributed by atoms with E-state index in [1.54, 1.807) is 26.0 Å². The highest BCUT2D eigenvalue weighted by molar-refractivity contribution is 7.80. The molecule has 3 aromatic rings. The van der Waals surface area contributed by atoms with E-state index in [0.29, 0.717) is 5.02 Å². The lowest BCUT2D eigenvalue weighted by molar-refractivity contribution is -0.334. The lowest BCUT2D eigenvalue weighted by atomic mass is 9.77. The highest BCUT2D eigenvalue weighted by Crippen LogP contribution is 2.55. The van der Waals surface area contributed by atoms with Crippen molar-refractivity contribution in [1.29, 1.82) is 0 Å². The standard InChI is InChI=1S/C80H92Cl3N9O23S/c1-32(2)20-49(85-5)71(101)90-62-64(96)38-13-18-51(47(82)22-38)111-53-24-40-25-54(68(53)115-78-69(67(99)66(98)55(31-93)113-78)114-57-29-79(4,70(100)33(3)110-57)86-30-34-6-8-35(9-7-34)36-10-15-41(81)16-11-36)112-52-19-14-39(23-48(52)83)65(97)63-75(105)89-61(77(106)107)44-26-42(94)27-46-58(44)43-21-37(12-17-45(43)80(46,108)109)59(73(103)91-63)92-76(116)60(40)88-72(102)50(28-56(84)95)87-74(62)104/h6-12,14-17,19,22,24-26,32-33,42-43,48-50,55,57,59-67,69-70,78,85-86,93-94,96-100,108-109H,13,18,20-21,23,27-31H2,1-5H3,(H2,84,95)(H,87,104)(H,88,102)(H,89,105)(H,90,101)(H,91,103)(H,92,116)(H,106,107)/t33-,42?,43?,48?,49+,50-,55?,57-,59+,60+,61-,62+,63-,64+,65+,66?,67-,69?,70+,78+,79?/m0/s1. The normalized spacial score (nSPS) is 32.8. The summed E-state index contributed by atoms with van der Waals surface area (Å²) in [7, 11) is 1.51. The second kappa shape index (κ2) is 34.8. The van der Waals surface area contributed by atoms with Crippen LogP contribution in [0.25, 0.3) is 11.1 Å². The number of carboxylic acid groups (broad SMARTS) is 1. The molecule has 15 rings (SSSR count). The number of benzene rings is 3. The van der Waals surface area contributed by atoms with Crippen molar-refractivity contribution in [3.8, 4) is 28.4 Å². The molecule has 7 unspecified atom stereocenters. The minimum atomic E-state index is -2.83. The number of thiocarbonyl (C=S) groups is 1. The number of allylic oxidation sites excluding steroid dienone is 8. The Labute approximate surface area is 685 Å². The third-order valence-electron chi connectivity index (χ3n) is 22.7. The maximum atomic E-state index is 15.8. The minimum Gasteiger partial charge on any atom is -0.479 e. The first kappa shape index (κ1) is 85.4. The number of aliphatic hydroxyl groups excluding tert-OH is 7. The van der Waals surface area contributed by atoms with Gasteiger partial charge in [-0.25, -0.2) is 4.79 Å². The quantitative estimate of drug-likeness (QED) is 0.0514. The molecule has 3 aromatic carbocycles. The average molecular weight is 1690 g/mol. The molecule has 7 aliphatic heterocycles. The maximum absolute atomic E-state index is 15.8. The van der Waals surface area contributed by atoms with Crippen LogP contribution in [0.2, 0.25) is 5.02 Å². The lowest BCUT2D eigenvalue weighted by Crippen LogP contribution is -2.65. The SMILES string of the molecule is CN[C@H](CC(C)C)C(=O)N[C@H]1C(=O)N[C@@H](CC(N)=O)C(=O)N[C@H]2C(=S)N[C@H]3C(=O)N[C@H](C(=O)N[C@H](C(=O)O)C4=CC(O)CC5=C4C4CC3=CC=C4C5(O)O)[C@H](O)C3=CC=C(Oc4cc2cc(c4O[C@H]2OC(CO)C(O)[C@H](O)C2O[C@H]2CC(C)(NCc4ccc(-c5ccc(Cl)cc5)cc4)[C@H](O)[C@H](C)O2)OC2=C(Cl)C=C(CC2)[C@H]1O)C(Cl)C3. The summed E-state index contributed by atoms with van der Waals surface area (Å²) in [5.74, 6) is -14.3. The number of hydrogen-bond donors (Lipinski definition) is 19. The number of ether oxygens (including phenoxy) is 6. The number of carbonyl (C=O) groups excluding carboxylic acids is 6. The fourth-order valence-electron chi connectivity index (χ4n) is 16.4. The molecule has 32 nitrogen and oxygen atoms in total. The van der Waals surface area contributed by atoms with Gasteiger partial charge in [-0.1, -0.05) is 104 Å². The smallest absolute Gasteiger partial charge is 0.330 e. The Hall–Kier alpha value is -8.53. The first-order valence-corrected chi connectivity index (χ1v) is 39.5. The van der Waals surface area contributed by atoms with Crippen LogP contribution in [0.15, 0.2) is 153 Å². The van der Waals surface area contributed by atoms with Gasteiger partial charge < -0.3 is 128 Å². The number of fused-ring (bicyclic) bond motifs is 12. The fourth-order valence-corrected chi connectivity index (χ4v) is 17.4. The number of aliphatic carboxylic acids is 1. The van der Waals surface area contributed by atoms with E-state index in [-0.39, 0.29) is 106 Å². The zero-order chi connectivity index (χ0) is 83.4. The number of amides is 6. The summed E-state index contributed by atoms with van der Waals surface area (Å²) < 4.78 is 40.1. The van der Waals surface area contributed by atoms with Crippen molar-refractivity contribution < 1.29 is 113 Å². The number of nitrogens with two attached hydrogens (primary N) is 1. The van der Waals surface area contributed by atoms with Gasteiger partial charge in [0.25, 0.3) is 0 Å². The predicted octanol–water partition coefficient (Wildman–Crippen LogP) is 1.30. The van der Waals surface area contributed by atoms with Crippen molar-refractivity contribution in [3.05, 3.63) is 169 Å². The van der Waals surface area contributed by atoms with Crippen molar-refractivity contribution in [1.82, 2.24) is 42.5 Å². The zero-order valence-electron chi connectivity index (χ0n) is 63.3. The van der Waals surface area contributed by atoms with Crippen molar-refractivity contribution in [2.45, 2.75) is 212 Å². The molecule has 0 radical (unpaired) electrons. The second-order valence-electron chi connectivity index (χ2n) is 31.1. The molecule has 622 valence electrons. The second-order valence-corrected chi connectivity index (χ2v) is 33.0. The number of primary amides is 1. The molecule has 0 aromatic heterocycles. The van der Waals surface area contributed by atoms with Crippen LogP contribution in [0.3, 0.4) is 0 Å². The molecule has 0 spiro atoms. The van der Waals surface area contributed by atoms with Gasteiger partial charge in [-0.3, -0.25) is 28.8 Å². The van der Waals surface area contributed by atoms with E-state index in [0.717, 1.165) is 22.8 Å². The maximum Gasteiger partial charge on any atom is 0.330 e. The summed E-state index contributed by atoms with van der Waals surface area (Å²) >= 11 is 27.1. The van der Waals surface area contributed by atoms with Gasteiger partial charge in [-0.2, -0.15) is 0 Å². The van der Waals surface area contributed by atoms with Gasteiger partial charge in [-0.05, 0) is 151 Å². The highest BCUT2D eigenvalue weighted by atomic mass is 35.5. The molecule has 20 N–H and O–H groups in total. The molecule has 3 saturated heterocycles. The Morgan fingerprint density at radius 3 is 2.13 bits per heavy atom. The van der Waals surface area contributed by atoms with Crippen LogP contribution in [-0.4, -0.2) is 232 Å². The molecule has 5 aliphatic carbocycles. The minimum absolute atomic E-state index is 0.00300. The zero-order valence-corrected chi connectivity index (χ0v) is 66.4. The van der Waals surface area contributed by atoms with Crippen LogP contribution in [0.4, 0.5) is 0 Å². The van der Waals surface area contributed by atoms with Gasteiger partial charge in [0, 0.05) is 47.9 Å². The Morgan fingerprint density at radius 2 is 1.47 bits per heavy atom. The largest absolute Gasteiger partial charge is 0.479 e. The molecular weight excluding hydrogens is 1590 g/mol. The lowest BCUT2D eigenvalue weighted by Gasteiger charge is -2.48. The Morgan fingerprint density at radius 1 is 0.784 bits per heavy atom. The van der Waals surface area contributed by atoms with E-state index in [9.17, 15) is 65.4 Å². The molecule has 11 bridgehead atoms. The monoisotopic (exact) mass is 1680 g/mol. The fraction of sp³-hybridized carbons (Fsp3) is 0.475. The van der Waals surface area contributed by atoms with E-state index < -0.39 is 222 Å². The molecule has 6 amide bonds. The summed E-state index contributed by atoms with van der Waals surface area (Å²) in [6.07, 6.45) is -13.2. The van der Waals surface area contributed by atoms with Crippen LogP contribution >= 0.6 is 47.0 Å². The van der Waals surface area contributed by atoms with E-state index in [1.807, 2.05) is 50.2 Å². The molecule has 21 atom stereocenters. The number of rotatable bonds is 17. The van der Waals surface area contributed by atoms with E-state index in [4.69, 9.17) is 81.2 Å². The first-order valence-electron chi connectivity index (χ1n) is 37.9. The van der Waals surface area contributed by atoms with Crippen LogP contribution in [-0.2, 0) is 54.3 Å². The molecule has 7 heterocycles. The van der Waals surface area contributed by atoms with Gasteiger partial charge >= 0.3 is 5.97 Å². The van der Waals surface area contributed by atoms with Crippen LogP contribution in [0.1, 0.15) is 96.2 Å². The Balaban J connectivity index is 0.970. The summed E-state index contributed by atoms with van der Waals surface area (Å²) in [5.41, 5.74) is 6.65. The average Bonchev–Trinajstić information content (AvgIpc) is 1.57. The molecular formula is C80H92Cl3N9O23S. The number of likely N-dealkylation sites (N-methyl/N-ethyl adjacent to an activating group) is 1. The third-order valence-corrected chi connectivity index (χ3v) is 23.9. The molecule has 116 heavy (non-hydrogen) atoms. The number of carboxylic acids is 1. The molecule has 0 saturated carbocycles. The van der Waals surface area contributed by atoms with Gasteiger partial charge in [0.15, 0.2) is 29.9 Å².